The van der Waals surface area contributed by atoms with Gasteiger partial charge < -0.3 is 15.4 Å². The second kappa shape index (κ2) is 8.82. The lowest BCUT2D eigenvalue weighted by Gasteiger charge is -2.23. The van der Waals surface area contributed by atoms with Crippen molar-refractivity contribution in [3.05, 3.63) is 29.8 Å². The smallest absolute Gasteiger partial charge is 0.227 e. The van der Waals surface area contributed by atoms with E-state index in [-0.39, 0.29) is 30.5 Å². The van der Waals surface area contributed by atoms with E-state index in [2.05, 4.69) is 0 Å². The number of halogens is 1. The molecule has 0 saturated carbocycles. The van der Waals surface area contributed by atoms with Crippen LogP contribution in [-0.2, 0) is 11.2 Å². The molecule has 5 heteroatoms. The molecule has 0 aromatic heterocycles. The molecule has 0 aliphatic heterocycles. The molecule has 1 atom stereocenters. The van der Waals surface area contributed by atoms with E-state index in [9.17, 15) is 4.79 Å². The summed E-state index contributed by atoms with van der Waals surface area (Å²) in [6.45, 7) is 6.37. The van der Waals surface area contributed by atoms with E-state index in [1.807, 2.05) is 45.0 Å². The van der Waals surface area contributed by atoms with Crippen molar-refractivity contribution in [2.24, 2.45) is 5.73 Å². The van der Waals surface area contributed by atoms with Gasteiger partial charge in [0.1, 0.15) is 5.75 Å². The minimum absolute atomic E-state index is 0. The summed E-state index contributed by atoms with van der Waals surface area (Å²) in [5.74, 6) is 0.870. The van der Waals surface area contributed by atoms with E-state index < -0.39 is 0 Å². The van der Waals surface area contributed by atoms with Crippen LogP contribution in [0.3, 0.4) is 0 Å². The van der Waals surface area contributed by atoms with Crippen LogP contribution in [0, 0.1) is 0 Å². The molecule has 0 bridgehead atoms. The molecule has 0 spiro atoms. The molecule has 0 heterocycles. The lowest BCUT2D eigenvalue weighted by atomic mass is 10.1. The first-order valence-electron chi connectivity index (χ1n) is 6.65. The minimum Gasteiger partial charge on any atom is -0.491 e. The third kappa shape index (κ3) is 5.80. The van der Waals surface area contributed by atoms with Crippen LogP contribution in [0.1, 0.15) is 26.3 Å². The number of nitrogens with two attached hydrogens (primary N) is 1. The zero-order chi connectivity index (χ0) is 14.4. The van der Waals surface area contributed by atoms with E-state index in [1.54, 1.807) is 11.9 Å². The summed E-state index contributed by atoms with van der Waals surface area (Å²) < 4.78 is 5.62. The maximum atomic E-state index is 12.1. The molecule has 2 N–H and O–H groups in total. The third-order valence-electron chi connectivity index (χ3n) is 3.02. The summed E-state index contributed by atoms with van der Waals surface area (Å²) in [6.07, 6.45) is 0.502. The maximum absolute atomic E-state index is 12.1. The fourth-order valence-electron chi connectivity index (χ4n) is 1.70. The summed E-state index contributed by atoms with van der Waals surface area (Å²) in [7, 11) is 1.79. The van der Waals surface area contributed by atoms with Crippen LogP contribution < -0.4 is 10.5 Å². The first-order chi connectivity index (χ1) is 8.93. The first-order valence-corrected chi connectivity index (χ1v) is 6.65. The number of benzene rings is 1. The average molecular weight is 301 g/mol. The lowest BCUT2D eigenvalue weighted by molar-refractivity contribution is -0.130. The first kappa shape index (κ1) is 18.7. The number of carbonyl (C=O) groups is 1. The topological polar surface area (TPSA) is 55.6 Å². The number of hydrogen-bond acceptors (Lipinski definition) is 3. The summed E-state index contributed by atoms with van der Waals surface area (Å²) in [5, 5.41) is 0. The van der Waals surface area contributed by atoms with Crippen LogP contribution in [0.25, 0.3) is 0 Å². The third-order valence-corrected chi connectivity index (χ3v) is 3.02. The summed E-state index contributed by atoms with van der Waals surface area (Å²) in [5.41, 5.74) is 6.53. The molecule has 1 unspecified atom stereocenters. The number of hydrogen-bond donors (Lipinski definition) is 1. The Morgan fingerprint density at radius 1 is 1.35 bits per heavy atom. The molecule has 0 saturated heterocycles. The van der Waals surface area contributed by atoms with Crippen LogP contribution in [0.5, 0.6) is 5.75 Å². The van der Waals surface area contributed by atoms with Crippen molar-refractivity contribution in [3.8, 4) is 5.75 Å². The highest BCUT2D eigenvalue weighted by Gasteiger charge is 2.14. The van der Waals surface area contributed by atoms with Gasteiger partial charge in [0.15, 0.2) is 0 Å². The van der Waals surface area contributed by atoms with E-state index in [4.69, 9.17) is 10.5 Å². The van der Waals surface area contributed by atoms with Crippen molar-refractivity contribution in [1.29, 1.82) is 0 Å². The fourth-order valence-corrected chi connectivity index (χ4v) is 1.70. The molecule has 20 heavy (non-hydrogen) atoms. The van der Waals surface area contributed by atoms with Crippen LogP contribution in [0.4, 0.5) is 0 Å². The number of ether oxygens (including phenoxy) is 1. The van der Waals surface area contributed by atoms with Crippen LogP contribution in [0.15, 0.2) is 24.3 Å². The Morgan fingerprint density at radius 3 is 2.55 bits per heavy atom. The van der Waals surface area contributed by atoms with Crippen molar-refractivity contribution in [1.82, 2.24) is 4.90 Å². The van der Waals surface area contributed by atoms with E-state index in [0.29, 0.717) is 13.0 Å². The number of rotatable bonds is 6. The second-order valence-corrected chi connectivity index (χ2v) is 5.08. The Labute approximate surface area is 127 Å². The minimum atomic E-state index is 0. The molecule has 1 aromatic rings. The maximum Gasteiger partial charge on any atom is 0.227 e. The number of nitrogens with zero attached hydrogens (tertiary/aromatic N) is 1. The van der Waals surface area contributed by atoms with Crippen molar-refractivity contribution in [2.75, 3.05) is 13.6 Å². The number of likely N-dealkylation sites (N-methyl/N-ethyl adjacent to an activating group) is 1. The normalized spacial score (nSPS) is 11.7. The van der Waals surface area contributed by atoms with Crippen molar-refractivity contribution < 1.29 is 9.53 Å². The predicted octanol–water partition coefficient (Wildman–Crippen LogP) is 2.24. The van der Waals surface area contributed by atoms with E-state index in [0.717, 1.165) is 11.3 Å². The molecule has 1 rings (SSSR count). The second-order valence-electron chi connectivity index (χ2n) is 5.08. The van der Waals surface area contributed by atoms with Gasteiger partial charge in [-0.1, -0.05) is 12.1 Å². The van der Waals surface area contributed by atoms with Gasteiger partial charge >= 0.3 is 0 Å². The Morgan fingerprint density at radius 2 is 2.00 bits per heavy atom. The molecule has 0 fully saturated rings. The van der Waals surface area contributed by atoms with Gasteiger partial charge in [-0.05, 0) is 38.5 Å². The molecule has 0 aliphatic carbocycles. The lowest BCUT2D eigenvalue weighted by Crippen LogP contribution is -2.40. The molecular formula is C15H25ClN2O2. The van der Waals surface area contributed by atoms with Gasteiger partial charge in [-0.25, -0.2) is 0 Å². The van der Waals surface area contributed by atoms with Crippen molar-refractivity contribution in [3.63, 3.8) is 0 Å². The Bertz CT molecular complexity index is 424. The van der Waals surface area contributed by atoms with Gasteiger partial charge in [0.2, 0.25) is 5.91 Å². The summed E-state index contributed by atoms with van der Waals surface area (Å²) in [6, 6.07) is 7.72. The highest BCUT2D eigenvalue weighted by atomic mass is 35.5. The highest BCUT2D eigenvalue weighted by Crippen LogP contribution is 2.16. The monoisotopic (exact) mass is 300 g/mol. The number of amides is 1. The molecule has 4 nitrogen and oxygen atoms in total. The van der Waals surface area contributed by atoms with Crippen LogP contribution >= 0.6 is 12.4 Å². The molecule has 1 amide bonds. The van der Waals surface area contributed by atoms with Crippen molar-refractivity contribution >= 4 is 18.3 Å². The summed E-state index contributed by atoms with van der Waals surface area (Å²) >= 11 is 0. The highest BCUT2D eigenvalue weighted by molar-refractivity contribution is 5.85. The molecule has 114 valence electrons. The molecule has 0 radical (unpaired) electrons. The zero-order valence-corrected chi connectivity index (χ0v) is 13.4. The van der Waals surface area contributed by atoms with Gasteiger partial charge in [0.25, 0.3) is 0 Å². The Balaban J connectivity index is 0.00000361. The van der Waals surface area contributed by atoms with E-state index in [1.165, 1.54) is 0 Å². The molecular weight excluding hydrogens is 276 g/mol. The average Bonchev–Trinajstić information content (AvgIpc) is 2.36. The standard InChI is InChI=1S/C15H24N2O2.ClH/c1-11(2)19-14-7-5-6-13(8-14)9-15(18)17(4)12(3)10-16;/h5-8,11-12H,9-10,16H2,1-4H3;1H. The van der Waals surface area contributed by atoms with Gasteiger partial charge in [0, 0.05) is 19.6 Å². The van der Waals surface area contributed by atoms with Crippen LogP contribution in [0.2, 0.25) is 0 Å². The van der Waals surface area contributed by atoms with Gasteiger partial charge in [-0.2, -0.15) is 0 Å². The van der Waals surface area contributed by atoms with Gasteiger partial charge in [-0.3, -0.25) is 4.79 Å². The van der Waals surface area contributed by atoms with Crippen molar-refractivity contribution in [2.45, 2.75) is 39.3 Å². The van der Waals surface area contributed by atoms with Gasteiger partial charge in [0.05, 0.1) is 12.5 Å². The van der Waals surface area contributed by atoms with E-state index >= 15 is 0 Å². The Kier molecular flexibility index (Phi) is 8.26. The summed E-state index contributed by atoms with van der Waals surface area (Å²) in [4.78, 5) is 13.8. The molecule has 0 aliphatic rings. The quantitative estimate of drug-likeness (QED) is 0.876. The fraction of sp³-hybridized carbons (Fsp3) is 0.533. The zero-order valence-electron chi connectivity index (χ0n) is 12.6. The number of carbonyl (C=O) groups excluding carboxylic acids is 1. The largest absolute Gasteiger partial charge is 0.491 e. The molecule has 1 aromatic carbocycles. The van der Waals surface area contributed by atoms with Gasteiger partial charge in [-0.15, -0.1) is 12.4 Å². The SMILES string of the molecule is CC(C)Oc1cccc(CC(=O)N(C)C(C)CN)c1.Cl. The Hall–Kier alpha value is -1.26. The van der Waals surface area contributed by atoms with Crippen LogP contribution in [-0.4, -0.2) is 36.5 Å². The predicted molar refractivity (Wildman–Crippen MR) is 84.4 cm³/mol.